The van der Waals surface area contributed by atoms with Gasteiger partial charge in [0.1, 0.15) is 12.5 Å². The minimum atomic E-state index is -0.725. The van der Waals surface area contributed by atoms with Crippen molar-refractivity contribution in [1.82, 2.24) is 0 Å². The Morgan fingerprint density at radius 1 is 1.00 bits per heavy atom. The number of hydrogen-bond donors (Lipinski definition) is 3. The van der Waals surface area contributed by atoms with Gasteiger partial charge in [-0.15, -0.1) is 0 Å². The number of carbonyl (C=O) groups is 1. The van der Waals surface area contributed by atoms with Gasteiger partial charge in [-0.3, -0.25) is 0 Å². The fraction of sp³-hybridized carbons (Fsp3) is 0.588. The van der Waals surface area contributed by atoms with Crippen LogP contribution in [0.15, 0.2) is 24.3 Å². The fourth-order valence-electron chi connectivity index (χ4n) is 2.50. The molecule has 0 radical (unpaired) electrons. The molecule has 0 aliphatic rings. The summed E-state index contributed by atoms with van der Waals surface area (Å²) < 4.78 is 0. The van der Waals surface area contributed by atoms with Crippen molar-refractivity contribution in [3.05, 3.63) is 29.8 Å². The van der Waals surface area contributed by atoms with Crippen molar-refractivity contribution in [3.63, 3.8) is 0 Å². The van der Waals surface area contributed by atoms with Crippen molar-refractivity contribution in [1.29, 1.82) is 0 Å². The van der Waals surface area contributed by atoms with E-state index in [0.29, 0.717) is 12.0 Å². The van der Waals surface area contributed by atoms with E-state index in [9.17, 15) is 15.3 Å². The quantitative estimate of drug-likeness (QED) is 0.612. The first-order valence-electron chi connectivity index (χ1n) is 7.49. The van der Waals surface area contributed by atoms with Crippen LogP contribution in [0.4, 0.5) is 0 Å². The predicted octanol–water partition coefficient (Wildman–Crippen LogP) is 2.79. The molecule has 1 aromatic rings. The minimum Gasteiger partial charge on any atom is -0.508 e. The molecule has 120 valence electrons. The first-order chi connectivity index (χ1) is 10.2. The number of unbranched alkanes of at least 4 members (excludes halogenated alkanes) is 4. The molecule has 0 aromatic heterocycles. The van der Waals surface area contributed by atoms with Crippen LogP contribution < -0.4 is 0 Å². The molecule has 0 heterocycles. The highest BCUT2D eigenvalue weighted by atomic mass is 16.3. The van der Waals surface area contributed by atoms with Gasteiger partial charge >= 0.3 is 0 Å². The third-order valence-electron chi connectivity index (χ3n) is 3.84. The summed E-state index contributed by atoms with van der Waals surface area (Å²) in [7, 11) is 0. The van der Waals surface area contributed by atoms with Crippen molar-refractivity contribution in [3.8, 4) is 5.75 Å². The van der Waals surface area contributed by atoms with E-state index in [0.717, 1.165) is 12.8 Å². The molecule has 0 amide bonds. The van der Waals surface area contributed by atoms with Gasteiger partial charge in [-0.25, -0.2) is 0 Å². The Labute approximate surface area is 127 Å². The van der Waals surface area contributed by atoms with Gasteiger partial charge in [0.25, 0.3) is 0 Å². The topological polar surface area (TPSA) is 77.8 Å². The Hall–Kier alpha value is -1.39. The van der Waals surface area contributed by atoms with Gasteiger partial charge in [0.05, 0.1) is 13.2 Å². The highest BCUT2D eigenvalue weighted by Gasteiger charge is 2.32. The van der Waals surface area contributed by atoms with E-state index in [1.54, 1.807) is 18.2 Å². The molecule has 1 aromatic carbocycles. The number of aliphatic hydroxyl groups excluding tert-OH is 2. The number of aliphatic hydroxyl groups is 2. The molecule has 0 aliphatic heterocycles. The Morgan fingerprint density at radius 3 is 2.10 bits per heavy atom. The molecule has 3 N–H and O–H groups in total. The highest BCUT2D eigenvalue weighted by Crippen LogP contribution is 2.35. The second-order valence-corrected chi connectivity index (χ2v) is 5.28. The van der Waals surface area contributed by atoms with E-state index >= 15 is 0 Å². The van der Waals surface area contributed by atoms with Crippen LogP contribution in [-0.4, -0.2) is 35.3 Å². The van der Waals surface area contributed by atoms with E-state index in [4.69, 9.17) is 4.79 Å². The summed E-state index contributed by atoms with van der Waals surface area (Å²) >= 11 is 0. The number of phenolic OH excluding ortho intramolecular Hbond substituents is 1. The van der Waals surface area contributed by atoms with Crippen LogP contribution in [0, 0.1) is 0 Å². The summed E-state index contributed by atoms with van der Waals surface area (Å²) in [6, 6.07) is 6.96. The maximum atomic E-state index is 9.93. The Kier molecular flexibility index (Phi) is 10.5. The molecule has 0 saturated heterocycles. The summed E-state index contributed by atoms with van der Waals surface area (Å²) in [4.78, 5) is 8.00. The molecular formula is C17H28O4. The first kappa shape index (κ1) is 19.6. The van der Waals surface area contributed by atoms with Gasteiger partial charge in [0.2, 0.25) is 0 Å². The molecule has 0 fully saturated rings. The second kappa shape index (κ2) is 11.3. The minimum absolute atomic E-state index is 0.144. The van der Waals surface area contributed by atoms with Crippen molar-refractivity contribution < 1.29 is 20.1 Å². The number of phenols is 1. The molecule has 0 bridgehead atoms. The Morgan fingerprint density at radius 2 is 1.57 bits per heavy atom. The van der Waals surface area contributed by atoms with Crippen LogP contribution >= 0.6 is 0 Å². The number of hydrogen-bond acceptors (Lipinski definition) is 4. The number of carbonyl (C=O) groups excluding carboxylic acids is 1. The molecule has 4 heteroatoms. The molecular weight excluding hydrogens is 268 g/mol. The van der Waals surface area contributed by atoms with Crippen LogP contribution in [0.5, 0.6) is 5.75 Å². The van der Waals surface area contributed by atoms with Crippen molar-refractivity contribution >= 4 is 6.79 Å². The Bertz CT molecular complexity index is 375. The predicted molar refractivity (Wildman–Crippen MR) is 84.5 cm³/mol. The van der Waals surface area contributed by atoms with Gasteiger partial charge in [-0.2, -0.15) is 0 Å². The van der Waals surface area contributed by atoms with Gasteiger partial charge in [0, 0.05) is 11.0 Å². The van der Waals surface area contributed by atoms with E-state index < -0.39 is 5.41 Å². The Balaban J connectivity index is 0.00000191. The van der Waals surface area contributed by atoms with E-state index in [-0.39, 0.29) is 19.0 Å². The molecule has 1 rings (SSSR count). The zero-order valence-corrected chi connectivity index (χ0v) is 12.9. The number of rotatable bonds is 9. The number of para-hydroxylation sites is 1. The maximum absolute atomic E-state index is 9.93. The van der Waals surface area contributed by atoms with Gasteiger partial charge in [0.15, 0.2) is 0 Å². The first-order valence-corrected chi connectivity index (χ1v) is 7.49. The van der Waals surface area contributed by atoms with Crippen molar-refractivity contribution in [2.24, 2.45) is 0 Å². The highest BCUT2D eigenvalue weighted by molar-refractivity contribution is 5.38. The van der Waals surface area contributed by atoms with Gasteiger partial charge < -0.3 is 20.1 Å². The molecule has 21 heavy (non-hydrogen) atoms. The summed E-state index contributed by atoms with van der Waals surface area (Å²) in [6.07, 6.45) is 6.36. The van der Waals surface area contributed by atoms with E-state index in [2.05, 4.69) is 6.92 Å². The summed E-state index contributed by atoms with van der Waals surface area (Å²) in [5.74, 6) is 0.152. The van der Waals surface area contributed by atoms with Crippen LogP contribution in [0.3, 0.4) is 0 Å². The summed E-state index contributed by atoms with van der Waals surface area (Å²) in [6.45, 7) is 3.89. The summed E-state index contributed by atoms with van der Waals surface area (Å²) in [5.41, 5.74) is -0.0760. The lowest BCUT2D eigenvalue weighted by atomic mass is 9.77. The van der Waals surface area contributed by atoms with E-state index in [1.165, 1.54) is 19.3 Å². The number of benzene rings is 1. The van der Waals surface area contributed by atoms with Crippen LogP contribution in [0.2, 0.25) is 0 Å². The molecule has 0 saturated carbocycles. The SMILES string of the molecule is C=O.CCCCCCCC(CO)(CO)c1ccccc1O. The average molecular weight is 296 g/mol. The smallest absolute Gasteiger partial charge is 0.119 e. The average Bonchev–Trinajstić information content (AvgIpc) is 2.54. The maximum Gasteiger partial charge on any atom is 0.119 e. The standard InChI is InChI=1S/C16H26O3.CH2O/c1-2-3-4-5-8-11-16(12-17,13-18)14-9-6-7-10-15(14)19;1-2/h6-7,9-10,17-19H,2-5,8,11-13H2,1H3;1H2. The van der Waals surface area contributed by atoms with Crippen molar-refractivity contribution in [2.45, 2.75) is 50.9 Å². The molecule has 0 spiro atoms. The zero-order valence-electron chi connectivity index (χ0n) is 12.9. The largest absolute Gasteiger partial charge is 0.508 e. The normalized spacial score (nSPS) is 10.8. The second-order valence-electron chi connectivity index (χ2n) is 5.28. The van der Waals surface area contributed by atoms with Crippen LogP contribution in [-0.2, 0) is 10.2 Å². The lowest BCUT2D eigenvalue weighted by molar-refractivity contribution is -0.0979. The third kappa shape index (κ3) is 5.86. The third-order valence-corrected chi connectivity index (χ3v) is 3.84. The lowest BCUT2D eigenvalue weighted by Crippen LogP contribution is -2.35. The van der Waals surface area contributed by atoms with E-state index in [1.807, 2.05) is 12.9 Å². The van der Waals surface area contributed by atoms with Gasteiger partial charge in [-0.05, 0) is 12.5 Å². The van der Waals surface area contributed by atoms with Crippen molar-refractivity contribution in [2.75, 3.05) is 13.2 Å². The van der Waals surface area contributed by atoms with Gasteiger partial charge in [-0.1, -0.05) is 57.2 Å². The summed E-state index contributed by atoms with van der Waals surface area (Å²) in [5, 5.41) is 29.3. The molecule has 0 aliphatic carbocycles. The molecule has 0 unspecified atom stereocenters. The zero-order chi connectivity index (χ0) is 16.1. The fourth-order valence-corrected chi connectivity index (χ4v) is 2.50. The molecule has 4 nitrogen and oxygen atoms in total. The van der Waals surface area contributed by atoms with Crippen LogP contribution in [0.25, 0.3) is 0 Å². The molecule has 0 atom stereocenters. The number of aromatic hydroxyl groups is 1. The monoisotopic (exact) mass is 296 g/mol. The lowest BCUT2D eigenvalue weighted by Gasteiger charge is -2.31. The van der Waals surface area contributed by atoms with Crippen LogP contribution in [0.1, 0.15) is 51.0 Å².